The summed E-state index contributed by atoms with van der Waals surface area (Å²) in [4.78, 5) is 13.7. The molecule has 1 aromatic heterocycles. The van der Waals surface area contributed by atoms with Crippen molar-refractivity contribution in [2.24, 2.45) is 5.73 Å². The zero-order valence-electron chi connectivity index (χ0n) is 13.1. The lowest BCUT2D eigenvalue weighted by molar-refractivity contribution is 0.138. The van der Waals surface area contributed by atoms with Crippen LogP contribution in [0.3, 0.4) is 0 Å². The van der Waals surface area contributed by atoms with Crippen molar-refractivity contribution in [1.29, 1.82) is 0 Å². The maximum atomic E-state index is 5.97. The Morgan fingerprint density at radius 1 is 1.30 bits per heavy atom. The van der Waals surface area contributed by atoms with Crippen molar-refractivity contribution in [2.45, 2.75) is 45.2 Å². The van der Waals surface area contributed by atoms with Crippen molar-refractivity contribution in [3.05, 3.63) is 18.0 Å². The second kappa shape index (κ2) is 6.06. The molecule has 1 fully saturated rings. The number of hydrogen-bond donors (Lipinski definition) is 1. The summed E-state index contributed by atoms with van der Waals surface area (Å²) in [5.74, 6) is 0.833. The Morgan fingerprint density at radius 3 is 2.50 bits per heavy atom. The fourth-order valence-electron chi connectivity index (χ4n) is 2.47. The van der Waals surface area contributed by atoms with Crippen LogP contribution in [0.1, 0.15) is 32.8 Å². The highest BCUT2D eigenvalue weighted by Gasteiger charge is 2.31. The van der Waals surface area contributed by atoms with Crippen LogP contribution in [0.5, 0.6) is 0 Å². The first-order valence-electron chi connectivity index (χ1n) is 7.45. The molecule has 0 saturated carbocycles. The third-order valence-corrected chi connectivity index (χ3v) is 4.31. The van der Waals surface area contributed by atoms with Crippen LogP contribution in [-0.2, 0) is 6.42 Å². The minimum Gasteiger partial charge on any atom is -0.338 e. The first-order chi connectivity index (χ1) is 9.42. The second-order valence-corrected chi connectivity index (χ2v) is 6.42. The molecular weight excluding hydrogens is 250 g/mol. The Kier molecular flexibility index (Phi) is 4.60. The van der Waals surface area contributed by atoms with Crippen LogP contribution in [0, 0.1) is 0 Å². The maximum absolute atomic E-state index is 5.97. The normalized spacial score (nSPS) is 20.9. The van der Waals surface area contributed by atoms with Crippen LogP contribution < -0.4 is 10.6 Å². The van der Waals surface area contributed by atoms with Crippen LogP contribution >= 0.6 is 0 Å². The van der Waals surface area contributed by atoms with Gasteiger partial charge in [0.2, 0.25) is 5.95 Å². The van der Waals surface area contributed by atoms with Gasteiger partial charge in [0.05, 0.1) is 0 Å². The summed E-state index contributed by atoms with van der Waals surface area (Å²) >= 11 is 0. The van der Waals surface area contributed by atoms with Gasteiger partial charge in [0.15, 0.2) is 0 Å². The molecule has 2 N–H and O–H groups in total. The summed E-state index contributed by atoms with van der Waals surface area (Å²) in [5.41, 5.74) is 7.24. The number of nitrogens with two attached hydrogens (primary N) is 1. The van der Waals surface area contributed by atoms with Crippen molar-refractivity contribution in [1.82, 2.24) is 14.9 Å². The molecule has 2 rings (SSSR count). The Morgan fingerprint density at radius 2 is 1.95 bits per heavy atom. The number of rotatable bonds is 4. The molecule has 0 bridgehead atoms. The highest BCUT2D eigenvalue weighted by Crippen LogP contribution is 2.21. The summed E-state index contributed by atoms with van der Waals surface area (Å²) in [6, 6.07) is 0.201. The molecule has 0 spiro atoms. The number of anilines is 1. The smallest absolute Gasteiger partial charge is 0.225 e. The summed E-state index contributed by atoms with van der Waals surface area (Å²) in [6.45, 7) is 9.59. The molecule has 0 radical (unpaired) electrons. The van der Waals surface area contributed by atoms with Gasteiger partial charge in [-0.1, -0.05) is 6.92 Å². The molecule has 1 aromatic rings. The zero-order valence-corrected chi connectivity index (χ0v) is 13.1. The van der Waals surface area contributed by atoms with Crippen molar-refractivity contribution in [3.8, 4) is 0 Å². The molecule has 20 heavy (non-hydrogen) atoms. The highest BCUT2D eigenvalue weighted by atomic mass is 15.3. The van der Waals surface area contributed by atoms with Gasteiger partial charge in [-0.25, -0.2) is 9.97 Å². The van der Waals surface area contributed by atoms with E-state index in [1.54, 1.807) is 0 Å². The molecule has 112 valence electrons. The predicted octanol–water partition coefficient (Wildman–Crippen LogP) is 1.29. The van der Waals surface area contributed by atoms with E-state index in [0.29, 0.717) is 0 Å². The summed E-state index contributed by atoms with van der Waals surface area (Å²) in [6.07, 6.45) is 5.67. The van der Waals surface area contributed by atoms with Crippen LogP contribution in [0.2, 0.25) is 0 Å². The molecule has 5 heteroatoms. The average molecular weight is 277 g/mol. The Labute approximate surface area is 122 Å². The van der Waals surface area contributed by atoms with Crippen molar-refractivity contribution >= 4 is 5.95 Å². The molecule has 0 amide bonds. The first-order valence-corrected chi connectivity index (χ1v) is 7.45. The number of nitrogens with zero attached hydrogens (tertiary/aromatic N) is 4. The minimum absolute atomic E-state index is 0.158. The van der Waals surface area contributed by atoms with E-state index in [1.807, 2.05) is 12.4 Å². The standard InChI is InChI=1S/C15H27N5/c1-5-13(16)8-12-9-17-14(18-10-12)20-7-6-19(4)15(2,3)11-20/h9-10,13H,5-8,11,16H2,1-4H3. The number of likely N-dealkylation sites (N-methyl/N-ethyl adjacent to an activating group) is 1. The molecule has 1 atom stereocenters. The van der Waals surface area contributed by atoms with Crippen molar-refractivity contribution in [2.75, 3.05) is 31.6 Å². The zero-order chi connectivity index (χ0) is 14.8. The van der Waals surface area contributed by atoms with E-state index in [-0.39, 0.29) is 11.6 Å². The van der Waals surface area contributed by atoms with E-state index in [2.05, 4.69) is 47.6 Å². The van der Waals surface area contributed by atoms with Crippen molar-refractivity contribution in [3.63, 3.8) is 0 Å². The second-order valence-electron chi connectivity index (χ2n) is 6.42. The SMILES string of the molecule is CCC(N)Cc1cnc(N2CCN(C)C(C)(C)C2)nc1. The maximum Gasteiger partial charge on any atom is 0.225 e. The predicted molar refractivity (Wildman–Crippen MR) is 82.9 cm³/mol. The van der Waals surface area contributed by atoms with Gasteiger partial charge in [-0.15, -0.1) is 0 Å². The van der Waals surface area contributed by atoms with Gasteiger partial charge >= 0.3 is 0 Å². The van der Waals surface area contributed by atoms with E-state index < -0.39 is 0 Å². The van der Waals surface area contributed by atoms with Gasteiger partial charge in [0.25, 0.3) is 0 Å². The summed E-state index contributed by atoms with van der Waals surface area (Å²) < 4.78 is 0. The van der Waals surface area contributed by atoms with E-state index >= 15 is 0 Å². The Bertz CT molecular complexity index is 428. The fourth-order valence-corrected chi connectivity index (χ4v) is 2.47. The molecule has 1 unspecified atom stereocenters. The summed E-state index contributed by atoms with van der Waals surface area (Å²) in [5, 5.41) is 0. The van der Waals surface area contributed by atoms with Crippen molar-refractivity contribution < 1.29 is 0 Å². The number of piperazine rings is 1. The molecule has 0 aliphatic carbocycles. The quantitative estimate of drug-likeness (QED) is 0.898. The van der Waals surface area contributed by atoms with Gasteiger partial charge in [-0.2, -0.15) is 0 Å². The van der Waals surface area contributed by atoms with Gasteiger partial charge in [-0.3, -0.25) is 4.90 Å². The van der Waals surface area contributed by atoms with Gasteiger partial charge < -0.3 is 10.6 Å². The largest absolute Gasteiger partial charge is 0.338 e. The monoisotopic (exact) mass is 277 g/mol. The van der Waals surface area contributed by atoms with Gasteiger partial charge in [0, 0.05) is 43.6 Å². The molecule has 1 aliphatic heterocycles. The van der Waals surface area contributed by atoms with Crippen LogP contribution in [0.15, 0.2) is 12.4 Å². The third kappa shape index (κ3) is 3.46. The Balaban J connectivity index is 2.03. The summed E-state index contributed by atoms with van der Waals surface area (Å²) in [7, 11) is 2.17. The lowest BCUT2D eigenvalue weighted by Gasteiger charge is -2.45. The Hall–Kier alpha value is -1.20. The van der Waals surface area contributed by atoms with Crippen LogP contribution in [-0.4, -0.2) is 53.1 Å². The number of hydrogen-bond acceptors (Lipinski definition) is 5. The molecule has 5 nitrogen and oxygen atoms in total. The molecular formula is C15H27N5. The first kappa shape index (κ1) is 15.2. The van der Waals surface area contributed by atoms with Crippen LogP contribution in [0.25, 0.3) is 0 Å². The van der Waals surface area contributed by atoms with E-state index in [4.69, 9.17) is 5.73 Å². The molecule has 1 saturated heterocycles. The van der Waals surface area contributed by atoms with E-state index in [0.717, 1.165) is 44.0 Å². The van der Waals surface area contributed by atoms with Crippen LogP contribution in [0.4, 0.5) is 5.95 Å². The minimum atomic E-state index is 0.158. The molecule has 0 aromatic carbocycles. The topological polar surface area (TPSA) is 58.3 Å². The lowest BCUT2D eigenvalue weighted by Crippen LogP contribution is -2.58. The third-order valence-electron chi connectivity index (χ3n) is 4.31. The van der Waals surface area contributed by atoms with Gasteiger partial charge in [-0.05, 0) is 39.3 Å². The fraction of sp³-hybridized carbons (Fsp3) is 0.733. The lowest BCUT2D eigenvalue weighted by atomic mass is 10.00. The molecule has 1 aliphatic rings. The highest BCUT2D eigenvalue weighted by molar-refractivity contribution is 5.32. The molecule has 2 heterocycles. The number of aromatic nitrogens is 2. The van der Waals surface area contributed by atoms with E-state index in [1.165, 1.54) is 0 Å². The van der Waals surface area contributed by atoms with E-state index in [9.17, 15) is 0 Å². The van der Waals surface area contributed by atoms with Gasteiger partial charge in [0.1, 0.15) is 0 Å². The average Bonchev–Trinajstić information content (AvgIpc) is 2.42.